The molecule has 0 bridgehead atoms. The number of aromatic nitrogens is 2. The third-order valence-electron chi connectivity index (χ3n) is 7.17. The van der Waals surface area contributed by atoms with E-state index in [0.717, 1.165) is 46.2 Å². The SMILES string of the molecule is COc1ccc(C2=NN(C(=O)CSc3nc4c(c(=O)n3-c3ccc(Cl)cc3)SCC4)C(c3ccc(OC)cc3)C2)cc1. The number of benzene rings is 3. The summed E-state index contributed by atoms with van der Waals surface area (Å²) in [6.07, 6.45) is 1.28. The van der Waals surface area contributed by atoms with Crippen LogP contribution in [-0.4, -0.2) is 51.9 Å². The number of fused-ring (bicyclic) bond motifs is 1. The molecule has 2 aliphatic heterocycles. The number of hydrogen-bond acceptors (Lipinski definition) is 8. The summed E-state index contributed by atoms with van der Waals surface area (Å²) in [7, 11) is 3.25. The molecule has 0 aliphatic carbocycles. The third kappa shape index (κ3) is 5.66. The molecule has 1 atom stereocenters. The van der Waals surface area contributed by atoms with Crippen molar-refractivity contribution < 1.29 is 14.3 Å². The maximum absolute atomic E-state index is 13.8. The number of nitrogens with zero attached hydrogens (tertiary/aromatic N) is 4. The van der Waals surface area contributed by atoms with E-state index in [2.05, 4.69) is 0 Å². The van der Waals surface area contributed by atoms with Gasteiger partial charge in [0.1, 0.15) is 11.5 Å². The van der Waals surface area contributed by atoms with Gasteiger partial charge in [-0.1, -0.05) is 35.5 Å². The number of ether oxygens (including phenoxy) is 2. The highest BCUT2D eigenvalue weighted by Gasteiger charge is 2.33. The minimum atomic E-state index is -0.288. The molecule has 0 N–H and O–H groups in total. The number of hydrogen-bond donors (Lipinski definition) is 0. The number of rotatable bonds is 8. The van der Waals surface area contributed by atoms with E-state index >= 15 is 0 Å². The zero-order chi connectivity index (χ0) is 29.2. The van der Waals surface area contributed by atoms with Gasteiger partial charge in [-0.05, 0) is 71.8 Å². The monoisotopic (exact) mass is 618 g/mol. The molecule has 1 aromatic heterocycles. The van der Waals surface area contributed by atoms with Crippen LogP contribution in [0.2, 0.25) is 5.02 Å². The molecule has 8 nitrogen and oxygen atoms in total. The number of methoxy groups -OCH3 is 2. The average molecular weight is 619 g/mol. The molecule has 2 aliphatic rings. The molecule has 0 spiro atoms. The fourth-order valence-corrected chi connectivity index (χ4v) is 7.01. The number of thioether (sulfide) groups is 2. The van der Waals surface area contributed by atoms with Gasteiger partial charge in [0, 0.05) is 23.6 Å². The molecular formula is C31H27ClN4O4S2. The summed E-state index contributed by atoms with van der Waals surface area (Å²) in [4.78, 5) is 32.8. The molecule has 1 unspecified atom stereocenters. The Kier molecular flexibility index (Phi) is 8.28. The van der Waals surface area contributed by atoms with E-state index in [9.17, 15) is 9.59 Å². The van der Waals surface area contributed by atoms with Gasteiger partial charge in [-0.15, -0.1) is 11.8 Å². The van der Waals surface area contributed by atoms with Gasteiger partial charge in [-0.2, -0.15) is 5.10 Å². The third-order valence-corrected chi connectivity index (χ3v) is 9.45. The second-order valence-corrected chi connectivity index (χ2v) is 12.2. The molecule has 4 aromatic rings. The van der Waals surface area contributed by atoms with Crippen LogP contribution in [0.4, 0.5) is 0 Å². The molecule has 0 radical (unpaired) electrons. The van der Waals surface area contributed by atoms with Crippen LogP contribution in [0, 0.1) is 0 Å². The quantitative estimate of drug-likeness (QED) is 0.176. The van der Waals surface area contributed by atoms with Gasteiger partial charge in [0.25, 0.3) is 11.5 Å². The molecule has 214 valence electrons. The van der Waals surface area contributed by atoms with Crippen LogP contribution in [0.25, 0.3) is 5.69 Å². The molecule has 0 fully saturated rings. The Morgan fingerprint density at radius 3 is 2.33 bits per heavy atom. The van der Waals surface area contributed by atoms with E-state index in [1.54, 1.807) is 48.1 Å². The lowest BCUT2D eigenvalue weighted by molar-refractivity contribution is -0.130. The van der Waals surface area contributed by atoms with Gasteiger partial charge in [-0.25, -0.2) is 9.99 Å². The van der Waals surface area contributed by atoms with Crippen LogP contribution in [0.15, 0.2) is 92.7 Å². The second-order valence-electron chi connectivity index (χ2n) is 9.68. The summed E-state index contributed by atoms with van der Waals surface area (Å²) in [5.41, 5.74) is 3.99. The first-order valence-electron chi connectivity index (χ1n) is 13.3. The Morgan fingerprint density at radius 1 is 1.00 bits per heavy atom. The molecule has 0 saturated carbocycles. The number of amides is 1. The van der Waals surface area contributed by atoms with Gasteiger partial charge in [0.15, 0.2) is 5.16 Å². The van der Waals surface area contributed by atoms with Crippen LogP contribution in [0.1, 0.15) is 29.3 Å². The van der Waals surface area contributed by atoms with Crippen LogP contribution >= 0.6 is 35.1 Å². The van der Waals surface area contributed by atoms with Gasteiger partial charge < -0.3 is 9.47 Å². The first-order valence-corrected chi connectivity index (χ1v) is 15.7. The van der Waals surface area contributed by atoms with Crippen molar-refractivity contribution in [2.75, 3.05) is 25.7 Å². The van der Waals surface area contributed by atoms with E-state index in [0.29, 0.717) is 27.2 Å². The molecule has 6 rings (SSSR count). The minimum Gasteiger partial charge on any atom is -0.497 e. The molecular weight excluding hydrogens is 592 g/mol. The van der Waals surface area contributed by atoms with Crippen molar-refractivity contribution in [3.05, 3.63) is 105 Å². The Morgan fingerprint density at radius 2 is 1.67 bits per heavy atom. The van der Waals surface area contributed by atoms with Crippen molar-refractivity contribution in [3.8, 4) is 17.2 Å². The summed E-state index contributed by atoms with van der Waals surface area (Å²) < 4.78 is 12.2. The Hall–Kier alpha value is -3.73. The lowest BCUT2D eigenvalue weighted by Crippen LogP contribution is -2.29. The van der Waals surface area contributed by atoms with Crippen molar-refractivity contribution in [1.82, 2.24) is 14.6 Å². The number of halogens is 1. The van der Waals surface area contributed by atoms with Gasteiger partial charge >= 0.3 is 0 Å². The maximum atomic E-state index is 13.8. The predicted octanol–water partition coefficient (Wildman–Crippen LogP) is 6.02. The minimum absolute atomic E-state index is 0.0536. The van der Waals surface area contributed by atoms with E-state index in [1.165, 1.54) is 23.5 Å². The normalized spacial score (nSPS) is 15.8. The van der Waals surface area contributed by atoms with Gasteiger partial charge in [0.2, 0.25) is 0 Å². The molecule has 42 heavy (non-hydrogen) atoms. The number of carbonyl (C=O) groups is 1. The average Bonchev–Trinajstić information content (AvgIpc) is 3.69. The smallest absolute Gasteiger partial charge is 0.272 e. The summed E-state index contributed by atoms with van der Waals surface area (Å²) in [6, 6.07) is 22.1. The molecule has 3 heterocycles. The summed E-state index contributed by atoms with van der Waals surface area (Å²) >= 11 is 8.87. The lowest BCUT2D eigenvalue weighted by atomic mass is 9.98. The fourth-order valence-electron chi connectivity index (χ4n) is 4.98. The van der Waals surface area contributed by atoms with Crippen LogP contribution in [-0.2, 0) is 11.2 Å². The molecule has 1 amide bonds. The van der Waals surface area contributed by atoms with E-state index in [1.807, 2.05) is 48.5 Å². The highest BCUT2D eigenvalue weighted by Crippen LogP contribution is 2.35. The number of aryl methyl sites for hydroxylation is 1. The molecule has 11 heteroatoms. The summed E-state index contributed by atoms with van der Waals surface area (Å²) in [5, 5.41) is 7.40. The topological polar surface area (TPSA) is 86.0 Å². The first kappa shape index (κ1) is 28.4. The van der Waals surface area contributed by atoms with Crippen molar-refractivity contribution in [3.63, 3.8) is 0 Å². The zero-order valence-corrected chi connectivity index (χ0v) is 25.3. The largest absolute Gasteiger partial charge is 0.497 e. The van der Waals surface area contributed by atoms with Crippen LogP contribution in [0.3, 0.4) is 0 Å². The van der Waals surface area contributed by atoms with E-state index in [-0.39, 0.29) is 23.3 Å². The highest BCUT2D eigenvalue weighted by atomic mass is 35.5. The molecule has 3 aromatic carbocycles. The van der Waals surface area contributed by atoms with Crippen molar-refractivity contribution in [2.24, 2.45) is 5.10 Å². The first-order chi connectivity index (χ1) is 20.4. The van der Waals surface area contributed by atoms with Crippen LogP contribution < -0.4 is 15.0 Å². The lowest BCUT2D eigenvalue weighted by Gasteiger charge is -2.22. The highest BCUT2D eigenvalue weighted by molar-refractivity contribution is 8.00. The summed E-state index contributed by atoms with van der Waals surface area (Å²) in [6.45, 7) is 0. The van der Waals surface area contributed by atoms with Crippen molar-refractivity contribution in [2.45, 2.75) is 28.9 Å². The van der Waals surface area contributed by atoms with Crippen molar-refractivity contribution >= 4 is 46.7 Å². The molecule has 0 saturated heterocycles. The predicted molar refractivity (Wildman–Crippen MR) is 167 cm³/mol. The van der Waals surface area contributed by atoms with Crippen LogP contribution in [0.5, 0.6) is 11.5 Å². The van der Waals surface area contributed by atoms with Gasteiger partial charge in [0.05, 0.1) is 48.0 Å². The zero-order valence-electron chi connectivity index (χ0n) is 23.0. The maximum Gasteiger partial charge on any atom is 0.272 e. The van der Waals surface area contributed by atoms with Crippen molar-refractivity contribution in [1.29, 1.82) is 0 Å². The summed E-state index contributed by atoms with van der Waals surface area (Å²) in [5.74, 6) is 2.17. The Bertz CT molecular complexity index is 1710. The van der Waals surface area contributed by atoms with E-state index in [4.69, 9.17) is 31.2 Å². The fraction of sp³-hybridized carbons (Fsp3) is 0.226. The van der Waals surface area contributed by atoms with E-state index < -0.39 is 0 Å². The Labute approximate surface area is 256 Å². The standard InChI is InChI=1S/C31H27ClN4O4S2/c1-39-23-11-3-19(4-12-23)26-17-27(20-5-13-24(40-2)14-6-20)36(34-26)28(37)18-42-31-33-25-15-16-41-29(25)30(38)35(31)22-9-7-21(32)8-10-22/h3-14,27H,15-18H2,1-2H3. The van der Waals surface area contributed by atoms with Gasteiger partial charge in [-0.3, -0.25) is 14.2 Å². The number of carbonyl (C=O) groups excluding carboxylic acids is 1. The Balaban J connectivity index is 1.31. The second kappa shape index (κ2) is 12.2. The number of hydrazone groups is 1.